The summed E-state index contributed by atoms with van der Waals surface area (Å²) in [4.78, 5) is 20.5. The highest BCUT2D eigenvalue weighted by Crippen LogP contribution is 2.43. The van der Waals surface area contributed by atoms with Gasteiger partial charge in [-0.3, -0.25) is 9.13 Å². The Morgan fingerprint density at radius 2 is 1.27 bits per heavy atom. The molecule has 0 N–H and O–H groups in total. The number of rotatable bonds is 3. The molecule has 6 nitrogen and oxygen atoms in total. The maximum Gasteiger partial charge on any atom is 0.236 e. The minimum atomic E-state index is 0.656. The molecule has 5 aromatic carbocycles. The van der Waals surface area contributed by atoms with Crippen LogP contribution < -0.4 is 0 Å². The highest BCUT2D eigenvalue weighted by Gasteiger charge is 2.23. The molecule has 0 fully saturated rings. The van der Waals surface area contributed by atoms with Crippen molar-refractivity contribution in [1.29, 1.82) is 0 Å². The summed E-state index contributed by atoms with van der Waals surface area (Å²) in [5, 5.41) is 6.90. The minimum absolute atomic E-state index is 0.656. The average Bonchev–Trinajstić information content (AvgIpc) is 3.76. The zero-order valence-electron chi connectivity index (χ0n) is 23.8. The van der Waals surface area contributed by atoms with E-state index < -0.39 is 0 Å². The quantitative estimate of drug-likeness (QED) is 0.204. The second-order valence-electron chi connectivity index (χ2n) is 11.1. The fraction of sp³-hybridized carbons (Fsp3) is 0. The lowest BCUT2D eigenvalue weighted by atomic mass is 10.1. The second-order valence-corrected chi connectivity index (χ2v) is 12.2. The smallest absolute Gasteiger partial charge is 0.236 e. The van der Waals surface area contributed by atoms with Gasteiger partial charge in [-0.25, -0.2) is 19.9 Å². The predicted molar refractivity (Wildman–Crippen MR) is 185 cm³/mol. The molecule has 0 amide bonds. The number of thiophene rings is 1. The Labute approximate surface area is 260 Å². The molecule has 5 aromatic heterocycles. The zero-order valence-corrected chi connectivity index (χ0v) is 24.6. The lowest BCUT2D eigenvalue weighted by Crippen LogP contribution is -2.02. The average molecular weight is 595 g/mol. The Morgan fingerprint density at radius 3 is 2.09 bits per heavy atom. The van der Waals surface area contributed by atoms with Crippen LogP contribution in [0.5, 0.6) is 0 Å². The van der Waals surface area contributed by atoms with Gasteiger partial charge in [0.05, 0.1) is 27.8 Å². The van der Waals surface area contributed by atoms with Crippen LogP contribution >= 0.6 is 11.3 Å². The Balaban J connectivity index is 1.38. The van der Waals surface area contributed by atoms with E-state index in [1.165, 1.54) is 20.9 Å². The summed E-state index contributed by atoms with van der Waals surface area (Å²) in [6, 6.07) is 42.5. The SMILES string of the molecule is c1ccc(-c2nc(-n3c4ccccc4c4c3ccc3c5ccccc5n(-c5ccncn5)c34)nc3sc4ccccc4c23)cc1. The van der Waals surface area contributed by atoms with Crippen LogP contribution in [0.25, 0.3) is 86.9 Å². The van der Waals surface area contributed by atoms with Crippen LogP contribution in [0.2, 0.25) is 0 Å². The molecule has 0 aliphatic carbocycles. The van der Waals surface area contributed by atoms with E-state index in [9.17, 15) is 0 Å². The molecule has 0 saturated heterocycles. The maximum absolute atomic E-state index is 5.37. The van der Waals surface area contributed by atoms with Gasteiger partial charge in [0.25, 0.3) is 0 Å². The van der Waals surface area contributed by atoms with Crippen LogP contribution in [0, 0.1) is 0 Å². The van der Waals surface area contributed by atoms with E-state index in [-0.39, 0.29) is 0 Å². The fourth-order valence-corrected chi connectivity index (χ4v) is 7.97. The molecular formula is C38H22N6S. The summed E-state index contributed by atoms with van der Waals surface area (Å²) in [5.74, 6) is 1.48. The topological polar surface area (TPSA) is 61.4 Å². The first-order valence-corrected chi connectivity index (χ1v) is 15.6. The first kappa shape index (κ1) is 24.5. The summed E-state index contributed by atoms with van der Waals surface area (Å²) in [7, 11) is 0. The molecule has 0 aliphatic heterocycles. The Bertz CT molecular complexity index is 2760. The van der Waals surface area contributed by atoms with Crippen LogP contribution in [0.4, 0.5) is 0 Å². The molecule has 210 valence electrons. The van der Waals surface area contributed by atoms with Crippen LogP contribution in [-0.2, 0) is 0 Å². The van der Waals surface area contributed by atoms with E-state index in [2.05, 4.69) is 123 Å². The molecule has 10 rings (SSSR count). The van der Waals surface area contributed by atoms with Gasteiger partial charge in [0.2, 0.25) is 5.95 Å². The zero-order chi connectivity index (χ0) is 29.5. The van der Waals surface area contributed by atoms with Crippen LogP contribution in [0.3, 0.4) is 0 Å². The van der Waals surface area contributed by atoms with Crippen molar-refractivity contribution in [1.82, 2.24) is 29.1 Å². The highest BCUT2D eigenvalue weighted by molar-refractivity contribution is 7.25. The number of nitrogens with zero attached hydrogens (tertiary/aromatic N) is 6. The van der Waals surface area contributed by atoms with Crippen molar-refractivity contribution < 1.29 is 0 Å². The number of benzene rings is 5. The van der Waals surface area contributed by atoms with Gasteiger partial charge in [-0.1, -0.05) is 91.0 Å². The molecule has 0 saturated carbocycles. The van der Waals surface area contributed by atoms with Gasteiger partial charge in [-0.15, -0.1) is 11.3 Å². The third kappa shape index (κ3) is 3.44. The molecule has 0 radical (unpaired) electrons. The summed E-state index contributed by atoms with van der Waals surface area (Å²) in [6.45, 7) is 0. The van der Waals surface area contributed by atoms with Crippen molar-refractivity contribution in [3.05, 3.63) is 134 Å². The third-order valence-corrected chi connectivity index (χ3v) is 9.80. The number of hydrogen-bond acceptors (Lipinski definition) is 5. The monoisotopic (exact) mass is 594 g/mol. The minimum Gasteiger partial charge on any atom is -0.293 e. The number of aromatic nitrogens is 6. The first-order chi connectivity index (χ1) is 22.3. The van der Waals surface area contributed by atoms with Crippen molar-refractivity contribution >= 4 is 75.3 Å². The fourth-order valence-electron chi connectivity index (χ4n) is 6.89. The summed E-state index contributed by atoms with van der Waals surface area (Å²) >= 11 is 1.72. The largest absolute Gasteiger partial charge is 0.293 e. The number of hydrogen-bond donors (Lipinski definition) is 0. The molecule has 0 spiro atoms. The molecular weight excluding hydrogens is 573 g/mol. The molecule has 45 heavy (non-hydrogen) atoms. The number of fused-ring (bicyclic) bond motifs is 10. The molecule has 0 unspecified atom stereocenters. The van der Waals surface area contributed by atoms with Crippen molar-refractivity contribution in [3.8, 4) is 23.0 Å². The summed E-state index contributed by atoms with van der Waals surface area (Å²) in [6.07, 6.45) is 3.41. The van der Waals surface area contributed by atoms with Gasteiger partial charge >= 0.3 is 0 Å². The van der Waals surface area contributed by atoms with Crippen molar-refractivity contribution in [2.45, 2.75) is 0 Å². The van der Waals surface area contributed by atoms with Gasteiger partial charge in [-0.05, 0) is 30.3 Å². The van der Waals surface area contributed by atoms with Gasteiger partial charge in [0.1, 0.15) is 17.0 Å². The Hall–Kier alpha value is -5.92. The van der Waals surface area contributed by atoms with E-state index in [1.807, 2.05) is 12.1 Å². The first-order valence-electron chi connectivity index (χ1n) is 14.8. The molecule has 7 heteroatoms. The van der Waals surface area contributed by atoms with Crippen molar-refractivity contribution in [3.63, 3.8) is 0 Å². The van der Waals surface area contributed by atoms with Crippen LogP contribution in [0.1, 0.15) is 0 Å². The lowest BCUT2D eigenvalue weighted by molar-refractivity contribution is 1.02. The van der Waals surface area contributed by atoms with Crippen LogP contribution in [0.15, 0.2) is 134 Å². The van der Waals surface area contributed by atoms with Gasteiger partial charge < -0.3 is 0 Å². The predicted octanol–water partition coefficient (Wildman–Crippen LogP) is 9.50. The highest BCUT2D eigenvalue weighted by atomic mass is 32.1. The third-order valence-electron chi connectivity index (χ3n) is 8.74. The molecule has 10 aromatic rings. The Kier molecular flexibility index (Phi) is 5.06. The molecule has 0 atom stereocenters. The molecule has 5 heterocycles. The van der Waals surface area contributed by atoms with Crippen LogP contribution in [-0.4, -0.2) is 29.1 Å². The van der Waals surface area contributed by atoms with E-state index in [0.717, 1.165) is 60.1 Å². The number of para-hydroxylation sites is 2. The van der Waals surface area contributed by atoms with Crippen molar-refractivity contribution in [2.24, 2.45) is 0 Å². The van der Waals surface area contributed by atoms with Gasteiger partial charge in [-0.2, -0.15) is 0 Å². The molecule has 0 aliphatic rings. The second kappa shape index (κ2) is 9.29. The van der Waals surface area contributed by atoms with E-state index in [0.29, 0.717) is 5.95 Å². The summed E-state index contributed by atoms with van der Waals surface area (Å²) < 4.78 is 5.69. The maximum atomic E-state index is 5.37. The Morgan fingerprint density at radius 1 is 0.533 bits per heavy atom. The standard InChI is InChI=1S/C38H22N6S/c1-2-10-23(11-3-1)35-34-27-14-6-9-17-31(27)45-37(34)42-38(41-35)43-29-16-8-5-13-26(29)33-30(43)19-18-25-24-12-4-7-15-28(24)44(36(25)33)32-20-21-39-22-40-32/h1-22H. The normalized spacial score (nSPS) is 12.0. The van der Waals surface area contributed by atoms with Crippen molar-refractivity contribution in [2.75, 3.05) is 0 Å². The molecule has 0 bridgehead atoms. The van der Waals surface area contributed by atoms with E-state index in [1.54, 1.807) is 23.9 Å². The van der Waals surface area contributed by atoms with E-state index >= 15 is 0 Å². The van der Waals surface area contributed by atoms with Gasteiger partial charge in [0.15, 0.2) is 0 Å². The van der Waals surface area contributed by atoms with Gasteiger partial charge in [0, 0.05) is 48.8 Å². The van der Waals surface area contributed by atoms with E-state index in [4.69, 9.17) is 15.0 Å². The lowest BCUT2D eigenvalue weighted by Gasteiger charge is -2.10. The summed E-state index contributed by atoms with van der Waals surface area (Å²) in [5.41, 5.74) is 6.32.